The molecule has 200 valence electrons. The molecule has 3 heterocycles. The molecule has 4 rings (SSSR count). The van der Waals surface area contributed by atoms with Crippen molar-refractivity contribution >= 4 is 46.2 Å². The summed E-state index contributed by atoms with van der Waals surface area (Å²) in [5.41, 5.74) is 1.85. The molecule has 12 nitrogen and oxygen atoms in total. The van der Waals surface area contributed by atoms with E-state index in [4.69, 9.17) is 38.4 Å². The fraction of sp³-hybridized carbons (Fsp3) is 0.400. The number of nitrogens with zero attached hydrogens (tertiary/aromatic N) is 4. The van der Waals surface area contributed by atoms with Gasteiger partial charge in [-0.2, -0.15) is 9.97 Å². The Kier molecular flexibility index (Phi) is 7.49. The standard InChI is InChI=1S/C20H18Cl2F3N5O7/c21-6-1-8(23)7(9(24)2-6)3-20(17(32)33,18(34)35)36-4-10-13(31)11(25)16(37-10)30-5-27-12-14(26)28-19(22)29-15(12)30/h1-2,5,10-11,13,16-17,31-33H,3-4H2,(H,34,35)(H2,26,28,29)/t10-,11+,13-,16-,20?/m1/s1. The third-order valence-corrected chi connectivity index (χ3v) is 6.21. The van der Waals surface area contributed by atoms with Gasteiger partial charge in [0, 0.05) is 17.0 Å². The highest BCUT2D eigenvalue weighted by molar-refractivity contribution is 6.30. The van der Waals surface area contributed by atoms with Crippen molar-refractivity contribution in [2.45, 2.75) is 42.9 Å². The predicted octanol–water partition coefficient (Wildman–Crippen LogP) is 0.983. The van der Waals surface area contributed by atoms with Crippen LogP contribution >= 0.6 is 23.2 Å². The second kappa shape index (κ2) is 10.2. The lowest BCUT2D eigenvalue weighted by molar-refractivity contribution is -0.231. The number of rotatable bonds is 8. The number of aliphatic hydroxyl groups is 3. The summed E-state index contributed by atoms with van der Waals surface area (Å²) in [6.45, 7) is -0.941. The van der Waals surface area contributed by atoms with E-state index in [9.17, 15) is 34.0 Å². The van der Waals surface area contributed by atoms with E-state index in [-0.39, 0.29) is 27.3 Å². The van der Waals surface area contributed by atoms with Gasteiger partial charge in [0.25, 0.3) is 0 Å². The van der Waals surface area contributed by atoms with Crippen LogP contribution in [0.2, 0.25) is 10.3 Å². The Balaban J connectivity index is 1.60. The van der Waals surface area contributed by atoms with Gasteiger partial charge in [-0.25, -0.2) is 22.9 Å². The van der Waals surface area contributed by atoms with Gasteiger partial charge in [-0.1, -0.05) is 11.6 Å². The van der Waals surface area contributed by atoms with Crippen LogP contribution in [0.25, 0.3) is 11.2 Å². The quantitative estimate of drug-likeness (QED) is 0.193. The largest absolute Gasteiger partial charge is 0.479 e. The molecule has 1 aliphatic rings. The van der Waals surface area contributed by atoms with E-state index in [1.54, 1.807) is 0 Å². The molecular formula is C20H18Cl2F3N5O7. The van der Waals surface area contributed by atoms with Crippen molar-refractivity contribution in [1.29, 1.82) is 0 Å². The van der Waals surface area contributed by atoms with Crippen molar-refractivity contribution in [3.8, 4) is 0 Å². The molecule has 0 bridgehead atoms. The van der Waals surface area contributed by atoms with E-state index in [1.165, 1.54) is 0 Å². The van der Waals surface area contributed by atoms with Gasteiger partial charge in [-0.15, -0.1) is 0 Å². The maximum atomic E-state index is 15.0. The number of aliphatic carboxylic acids is 1. The lowest BCUT2D eigenvalue weighted by atomic mass is 9.92. The van der Waals surface area contributed by atoms with Gasteiger partial charge in [0.2, 0.25) is 10.9 Å². The Morgan fingerprint density at radius 1 is 1.27 bits per heavy atom. The number of anilines is 1. The molecule has 0 spiro atoms. The summed E-state index contributed by atoms with van der Waals surface area (Å²) in [6, 6.07) is 1.38. The van der Waals surface area contributed by atoms with Gasteiger partial charge in [0.05, 0.1) is 12.9 Å². The van der Waals surface area contributed by atoms with Gasteiger partial charge in [0.1, 0.15) is 29.4 Å². The zero-order valence-corrected chi connectivity index (χ0v) is 19.8. The number of hydrogen-bond acceptors (Lipinski definition) is 10. The van der Waals surface area contributed by atoms with E-state index in [1.807, 2.05) is 0 Å². The minimum absolute atomic E-state index is 0.0294. The van der Waals surface area contributed by atoms with Crippen molar-refractivity contribution < 1.29 is 47.9 Å². The van der Waals surface area contributed by atoms with E-state index in [2.05, 4.69) is 15.0 Å². The number of carboxylic acids is 1. The maximum Gasteiger partial charge on any atom is 0.341 e. The SMILES string of the molecule is Nc1nc(Cl)nc2c1ncn2[C@@H]1O[C@H](COC(Cc2c(F)cc(Cl)cc2F)(C(=O)O)C(O)O)[C@@H](O)[C@@H]1F. The van der Waals surface area contributed by atoms with Crippen molar-refractivity contribution in [2.24, 2.45) is 0 Å². The van der Waals surface area contributed by atoms with Crippen LogP contribution in [-0.2, 0) is 20.7 Å². The van der Waals surface area contributed by atoms with Crippen LogP contribution in [-0.4, -0.2) is 82.8 Å². The molecule has 3 aromatic rings. The van der Waals surface area contributed by atoms with Crippen molar-refractivity contribution in [3.63, 3.8) is 0 Å². The number of halogens is 5. The molecule has 0 saturated carbocycles. The van der Waals surface area contributed by atoms with Crippen LogP contribution in [0, 0.1) is 11.6 Å². The number of carbonyl (C=O) groups is 1. The summed E-state index contributed by atoms with van der Waals surface area (Å²) in [4.78, 5) is 23.6. The summed E-state index contributed by atoms with van der Waals surface area (Å²) < 4.78 is 55.4. The number of fused-ring (bicyclic) bond motifs is 1. The normalized spacial score (nSPS) is 23.6. The number of hydrogen-bond donors (Lipinski definition) is 5. The molecule has 2 aromatic heterocycles. The summed E-state index contributed by atoms with van der Waals surface area (Å²) in [5, 5.41) is 39.2. The molecule has 37 heavy (non-hydrogen) atoms. The molecule has 1 aliphatic heterocycles. The van der Waals surface area contributed by atoms with Gasteiger partial charge in [-0.05, 0) is 23.7 Å². The van der Waals surface area contributed by atoms with E-state index in [0.717, 1.165) is 10.9 Å². The van der Waals surface area contributed by atoms with Gasteiger partial charge < -0.3 is 35.6 Å². The number of ether oxygens (including phenoxy) is 2. The summed E-state index contributed by atoms with van der Waals surface area (Å²) in [7, 11) is 0. The molecule has 0 aliphatic carbocycles. The van der Waals surface area contributed by atoms with Crippen LogP contribution in [0.3, 0.4) is 0 Å². The number of aliphatic hydroxyl groups excluding tert-OH is 2. The molecule has 0 radical (unpaired) electrons. The average Bonchev–Trinajstić information content (AvgIpc) is 3.33. The van der Waals surface area contributed by atoms with Crippen LogP contribution < -0.4 is 5.73 Å². The molecule has 0 amide bonds. The number of imidazole rings is 1. The van der Waals surface area contributed by atoms with Crippen LogP contribution in [0.5, 0.6) is 0 Å². The smallest absolute Gasteiger partial charge is 0.341 e. The molecule has 1 aromatic carbocycles. The third kappa shape index (κ3) is 4.90. The second-order valence-electron chi connectivity index (χ2n) is 8.11. The van der Waals surface area contributed by atoms with Crippen LogP contribution in [0.15, 0.2) is 18.5 Å². The molecular weight excluding hydrogens is 550 g/mol. The molecule has 1 unspecified atom stereocenters. The topological polar surface area (TPSA) is 186 Å². The number of benzene rings is 1. The molecule has 1 saturated heterocycles. The van der Waals surface area contributed by atoms with Gasteiger partial charge >= 0.3 is 5.97 Å². The molecule has 17 heteroatoms. The zero-order chi connectivity index (χ0) is 27.2. The Morgan fingerprint density at radius 2 is 1.92 bits per heavy atom. The Labute approximate surface area is 215 Å². The third-order valence-electron chi connectivity index (χ3n) is 5.82. The number of nitrogens with two attached hydrogens (primary N) is 1. The first-order valence-electron chi connectivity index (χ1n) is 10.4. The number of aromatic nitrogens is 4. The minimum atomic E-state index is -3.04. The van der Waals surface area contributed by atoms with Crippen LogP contribution in [0.4, 0.5) is 19.0 Å². The second-order valence-corrected chi connectivity index (χ2v) is 8.88. The summed E-state index contributed by atoms with van der Waals surface area (Å²) >= 11 is 11.4. The number of carboxylic acid groups (broad SMARTS) is 1. The van der Waals surface area contributed by atoms with Crippen LogP contribution in [0.1, 0.15) is 11.8 Å². The highest BCUT2D eigenvalue weighted by atomic mass is 35.5. The van der Waals surface area contributed by atoms with Crippen molar-refractivity contribution in [3.05, 3.63) is 46.0 Å². The first-order valence-corrected chi connectivity index (χ1v) is 11.1. The first kappa shape index (κ1) is 27.3. The highest BCUT2D eigenvalue weighted by Gasteiger charge is 2.51. The Morgan fingerprint density at radius 3 is 2.51 bits per heavy atom. The molecule has 5 atom stereocenters. The fourth-order valence-corrected chi connectivity index (χ4v) is 4.22. The van der Waals surface area contributed by atoms with E-state index >= 15 is 4.39 Å². The van der Waals surface area contributed by atoms with E-state index < -0.39 is 72.7 Å². The molecule has 6 N–H and O–H groups in total. The molecule has 1 fully saturated rings. The Hall–Kier alpha value is -2.79. The summed E-state index contributed by atoms with van der Waals surface area (Å²) in [5.74, 6) is -4.66. The lowest BCUT2D eigenvalue weighted by Crippen LogP contribution is -2.55. The average molecular weight is 568 g/mol. The van der Waals surface area contributed by atoms with Crippen molar-refractivity contribution in [1.82, 2.24) is 19.5 Å². The summed E-state index contributed by atoms with van der Waals surface area (Å²) in [6.07, 6.45) is -10.1. The predicted molar refractivity (Wildman–Crippen MR) is 119 cm³/mol. The zero-order valence-electron chi connectivity index (χ0n) is 18.3. The fourth-order valence-electron chi connectivity index (χ4n) is 3.86. The lowest BCUT2D eigenvalue weighted by Gasteiger charge is -2.32. The number of alkyl halides is 1. The van der Waals surface area contributed by atoms with E-state index in [0.29, 0.717) is 12.1 Å². The Bertz CT molecular complexity index is 1330. The monoisotopic (exact) mass is 567 g/mol. The highest BCUT2D eigenvalue weighted by Crippen LogP contribution is 2.36. The minimum Gasteiger partial charge on any atom is -0.479 e. The number of nitrogen functional groups attached to an aromatic ring is 1. The first-order chi connectivity index (χ1) is 17.4. The van der Waals surface area contributed by atoms with Crippen molar-refractivity contribution in [2.75, 3.05) is 12.3 Å². The van der Waals surface area contributed by atoms with Gasteiger partial charge in [-0.3, -0.25) is 4.57 Å². The van der Waals surface area contributed by atoms with Gasteiger partial charge in [0.15, 0.2) is 30.2 Å². The maximum absolute atomic E-state index is 15.0.